The van der Waals surface area contributed by atoms with E-state index in [1.54, 1.807) is 0 Å². The minimum Gasteiger partial charge on any atom is -0.309 e. The molecule has 6 aromatic carbocycles. The lowest BCUT2D eigenvalue weighted by atomic mass is 9.85. The van der Waals surface area contributed by atoms with Crippen molar-refractivity contribution in [2.75, 3.05) is 0 Å². The number of hydrogen-bond acceptors (Lipinski definition) is 0. The molecule has 0 amide bonds. The Balaban J connectivity index is 1.40. The molecule has 0 saturated heterocycles. The zero-order valence-corrected chi connectivity index (χ0v) is 23.8. The fourth-order valence-electron chi connectivity index (χ4n) is 6.08. The van der Waals surface area contributed by atoms with Crippen LogP contribution in [0.2, 0.25) is 0 Å². The molecule has 1 heteroatoms. The molecule has 7 aromatic rings. The summed E-state index contributed by atoms with van der Waals surface area (Å²) >= 11 is 0. The highest BCUT2D eigenvalue weighted by Gasteiger charge is 2.22. The lowest BCUT2D eigenvalue weighted by Gasteiger charge is -2.22. The first-order valence-electron chi connectivity index (χ1n) is 14.4. The first-order chi connectivity index (χ1) is 20.0. The van der Waals surface area contributed by atoms with Crippen molar-refractivity contribution < 1.29 is 0 Å². The summed E-state index contributed by atoms with van der Waals surface area (Å²) in [6.07, 6.45) is 0. The fraction of sp³-hybridized carbons (Fsp3) is 0.100. The smallest absolute Gasteiger partial charge is 0.0578 e. The average Bonchev–Trinajstić information content (AvgIpc) is 3.36. The van der Waals surface area contributed by atoms with Gasteiger partial charge in [0.1, 0.15) is 0 Å². The molecule has 0 atom stereocenters. The highest BCUT2D eigenvalue weighted by molar-refractivity contribution is 6.10. The van der Waals surface area contributed by atoms with Gasteiger partial charge in [0.25, 0.3) is 0 Å². The maximum absolute atomic E-state index is 2.45. The van der Waals surface area contributed by atoms with Crippen LogP contribution >= 0.6 is 0 Å². The molecule has 0 N–H and O–H groups in total. The first-order valence-corrected chi connectivity index (χ1v) is 14.4. The van der Waals surface area contributed by atoms with Crippen molar-refractivity contribution in [3.63, 3.8) is 0 Å². The Labute approximate surface area is 242 Å². The van der Waals surface area contributed by atoms with E-state index in [9.17, 15) is 0 Å². The summed E-state index contributed by atoms with van der Waals surface area (Å²) in [5, 5.41) is 2.60. The molecule has 1 heterocycles. The third kappa shape index (κ3) is 4.54. The van der Waals surface area contributed by atoms with Crippen LogP contribution in [0.3, 0.4) is 0 Å². The van der Waals surface area contributed by atoms with Crippen LogP contribution in [0.5, 0.6) is 0 Å². The van der Waals surface area contributed by atoms with Gasteiger partial charge in [0.05, 0.1) is 11.0 Å². The third-order valence-corrected chi connectivity index (χ3v) is 8.11. The summed E-state index contributed by atoms with van der Waals surface area (Å²) < 4.78 is 2.45. The van der Waals surface area contributed by atoms with Gasteiger partial charge in [-0.15, -0.1) is 0 Å². The molecule has 0 aliphatic carbocycles. The molecule has 0 unspecified atom stereocenters. The molecule has 1 aromatic heterocycles. The molecule has 0 fully saturated rings. The highest BCUT2D eigenvalue weighted by Crippen LogP contribution is 2.39. The molecule has 0 aliphatic rings. The lowest BCUT2D eigenvalue weighted by Crippen LogP contribution is -2.13. The first kappa shape index (κ1) is 25.1. The standard InChI is InChI=1S/C40H33N/c1-40(2,3)37-19-12-18-36-35-17-10-11-20-38(35)41(39(36)37)34-23-21-30(22-24-34)33-26-31(28-13-6-4-7-14-28)25-32(27-33)29-15-8-5-9-16-29/h4-27H,1-3H3. The van der Waals surface area contributed by atoms with Crippen molar-refractivity contribution in [3.8, 4) is 39.1 Å². The number of aromatic nitrogens is 1. The topological polar surface area (TPSA) is 4.93 Å². The second kappa shape index (κ2) is 9.94. The minimum absolute atomic E-state index is 0.0251. The van der Waals surface area contributed by atoms with Crippen LogP contribution in [0, 0.1) is 0 Å². The van der Waals surface area contributed by atoms with Crippen molar-refractivity contribution in [1.29, 1.82) is 0 Å². The van der Waals surface area contributed by atoms with Crippen LogP contribution < -0.4 is 0 Å². The Morgan fingerprint density at radius 1 is 0.415 bits per heavy atom. The van der Waals surface area contributed by atoms with Gasteiger partial charge in [0.2, 0.25) is 0 Å². The van der Waals surface area contributed by atoms with Gasteiger partial charge in [-0.1, -0.05) is 130 Å². The molecule has 198 valence electrons. The van der Waals surface area contributed by atoms with E-state index in [1.165, 1.54) is 66.4 Å². The van der Waals surface area contributed by atoms with Gasteiger partial charge in [-0.25, -0.2) is 0 Å². The van der Waals surface area contributed by atoms with Crippen LogP contribution in [0.15, 0.2) is 146 Å². The zero-order valence-electron chi connectivity index (χ0n) is 23.8. The van der Waals surface area contributed by atoms with Crippen molar-refractivity contribution >= 4 is 21.8 Å². The Kier molecular flexibility index (Phi) is 6.09. The van der Waals surface area contributed by atoms with Crippen molar-refractivity contribution in [2.24, 2.45) is 0 Å². The summed E-state index contributed by atoms with van der Waals surface area (Å²) in [5.41, 5.74) is 12.4. The predicted octanol–water partition coefficient (Wildman–Crippen LogP) is 11.1. The van der Waals surface area contributed by atoms with Crippen molar-refractivity contribution in [2.45, 2.75) is 26.2 Å². The summed E-state index contributed by atoms with van der Waals surface area (Å²) in [6.45, 7) is 6.91. The molecule has 1 nitrogen and oxygen atoms in total. The molecular weight excluding hydrogens is 494 g/mol. The Morgan fingerprint density at radius 2 is 0.902 bits per heavy atom. The minimum atomic E-state index is 0.0251. The van der Waals surface area contributed by atoms with Gasteiger partial charge in [-0.3, -0.25) is 0 Å². The largest absolute Gasteiger partial charge is 0.309 e. The van der Waals surface area contributed by atoms with Crippen molar-refractivity contribution in [3.05, 3.63) is 151 Å². The molecule has 0 bridgehead atoms. The van der Waals surface area contributed by atoms with Gasteiger partial charge in [0.15, 0.2) is 0 Å². The van der Waals surface area contributed by atoms with Gasteiger partial charge >= 0.3 is 0 Å². The monoisotopic (exact) mass is 527 g/mol. The third-order valence-electron chi connectivity index (χ3n) is 8.11. The van der Waals surface area contributed by atoms with E-state index in [-0.39, 0.29) is 5.41 Å². The number of fused-ring (bicyclic) bond motifs is 3. The number of nitrogens with zero attached hydrogens (tertiary/aromatic N) is 1. The molecule has 0 saturated carbocycles. The maximum Gasteiger partial charge on any atom is 0.0578 e. The van der Waals surface area contributed by atoms with Gasteiger partial charge in [0, 0.05) is 16.5 Å². The molecule has 0 aliphatic heterocycles. The van der Waals surface area contributed by atoms with Crippen LogP contribution in [0.4, 0.5) is 0 Å². The van der Waals surface area contributed by atoms with Gasteiger partial charge < -0.3 is 4.57 Å². The lowest BCUT2D eigenvalue weighted by molar-refractivity contribution is 0.594. The zero-order chi connectivity index (χ0) is 28.0. The SMILES string of the molecule is CC(C)(C)c1cccc2c3ccccc3n(-c3ccc(-c4cc(-c5ccccc5)cc(-c5ccccc5)c4)cc3)c12. The average molecular weight is 528 g/mol. The normalized spacial score (nSPS) is 11.8. The fourth-order valence-corrected chi connectivity index (χ4v) is 6.08. The predicted molar refractivity (Wildman–Crippen MR) is 176 cm³/mol. The molecule has 41 heavy (non-hydrogen) atoms. The van der Waals surface area contributed by atoms with E-state index in [0.29, 0.717) is 0 Å². The Bertz CT molecular complexity index is 1930. The number of rotatable bonds is 4. The molecule has 0 radical (unpaired) electrons. The molecule has 7 rings (SSSR count). The van der Waals surface area contributed by atoms with Crippen LogP contribution in [-0.2, 0) is 5.41 Å². The van der Waals surface area contributed by atoms with Gasteiger partial charge in [-0.05, 0) is 80.8 Å². The van der Waals surface area contributed by atoms with Gasteiger partial charge in [-0.2, -0.15) is 0 Å². The van der Waals surface area contributed by atoms with E-state index in [1.807, 2.05) is 0 Å². The van der Waals surface area contributed by atoms with Crippen LogP contribution in [0.25, 0.3) is 60.9 Å². The Morgan fingerprint density at radius 3 is 1.46 bits per heavy atom. The summed E-state index contributed by atoms with van der Waals surface area (Å²) in [4.78, 5) is 0. The van der Waals surface area contributed by atoms with Crippen molar-refractivity contribution in [1.82, 2.24) is 4.57 Å². The second-order valence-corrected chi connectivity index (χ2v) is 11.9. The van der Waals surface area contributed by atoms with E-state index >= 15 is 0 Å². The van der Waals surface area contributed by atoms with E-state index in [4.69, 9.17) is 0 Å². The van der Waals surface area contributed by atoms with Crippen LogP contribution in [0.1, 0.15) is 26.3 Å². The van der Waals surface area contributed by atoms with E-state index in [0.717, 1.165) is 0 Å². The summed E-state index contributed by atoms with van der Waals surface area (Å²) in [7, 11) is 0. The number of benzene rings is 6. The number of para-hydroxylation sites is 2. The van der Waals surface area contributed by atoms with Crippen LogP contribution in [-0.4, -0.2) is 4.57 Å². The van der Waals surface area contributed by atoms with E-state index < -0.39 is 0 Å². The molecule has 0 spiro atoms. The highest BCUT2D eigenvalue weighted by atomic mass is 15.0. The molecular formula is C40H33N. The maximum atomic E-state index is 2.45. The Hall–Kier alpha value is -4.88. The van der Waals surface area contributed by atoms with E-state index in [2.05, 4.69) is 171 Å². The quantitative estimate of drug-likeness (QED) is 0.214. The summed E-state index contributed by atoms with van der Waals surface area (Å²) in [5.74, 6) is 0. The second-order valence-electron chi connectivity index (χ2n) is 11.9. The number of hydrogen-bond donors (Lipinski definition) is 0. The summed E-state index contributed by atoms with van der Waals surface area (Å²) in [6, 6.07) is 52.9.